The second-order valence-corrected chi connectivity index (χ2v) is 3.14. The van der Waals surface area contributed by atoms with E-state index >= 15 is 0 Å². The Balaban J connectivity index is 1.94. The van der Waals surface area contributed by atoms with E-state index in [1.165, 1.54) is 0 Å². The van der Waals surface area contributed by atoms with Crippen LogP contribution in [0.4, 0.5) is 10.5 Å². The van der Waals surface area contributed by atoms with E-state index in [0.29, 0.717) is 0 Å². The molecule has 0 aromatic heterocycles. The van der Waals surface area contributed by atoms with Crippen LogP contribution in [0.3, 0.4) is 0 Å². The topological polar surface area (TPSA) is 32.3 Å². The molecule has 1 aromatic rings. The van der Waals surface area contributed by atoms with Crippen molar-refractivity contribution in [2.75, 3.05) is 18.4 Å². The number of urea groups is 1. The highest BCUT2D eigenvalue weighted by atomic mass is 16.2. The molecule has 0 aliphatic carbocycles. The number of hydrogen-bond acceptors (Lipinski definition) is 1. The van der Waals surface area contributed by atoms with Gasteiger partial charge in [-0.3, -0.25) is 0 Å². The van der Waals surface area contributed by atoms with Crippen molar-refractivity contribution in [3.05, 3.63) is 30.3 Å². The van der Waals surface area contributed by atoms with E-state index in [0.717, 1.165) is 25.2 Å². The Kier molecular flexibility index (Phi) is 2.17. The molecular weight excluding hydrogens is 164 g/mol. The number of nitrogens with zero attached hydrogens (tertiary/aromatic N) is 1. The smallest absolute Gasteiger partial charge is 0.321 e. The molecule has 0 saturated carbocycles. The molecule has 1 N–H and O–H groups in total. The van der Waals surface area contributed by atoms with E-state index in [1.807, 2.05) is 30.3 Å². The highest BCUT2D eigenvalue weighted by Crippen LogP contribution is 2.10. The van der Waals surface area contributed by atoms with Gasteiger partial charge >= 0.3 is 6.03 Å². The zero-order valence-electron chi connectivity index (χ0n) is 7.36. The van der Waals surface area contributed by atoms with Gasteiger partial charge in [0.05, 0.1) is 0 Å². The van der Waals surface area contributed by atoms with Gasteiger partial charge in [-0.2, -0.15) is 0 Å². The molecule has 2 rings (SSSR count). The molecule has 3 nitrogen and oxygen atoms in total. The summed E-state index contributed by atoms with van der Waals surface area (Å²) in [4.78, 5) is 13.2. The van der Waals surface area contributed by atoms with Crippen molar-refractivity contribution in [1.29, 1.82) is 0 Å². The number of likely N-dealkylation sites (tertiary alicyclic amines) is 1. The van der Waals surface area contributed by atoms with Crippen LogP contribution < -0.4 is 5.32 Å². The first-order valence-electron chi connectivity index (χ1n) is 4.47. The molecule has 13 heavy (non-hydrogen) atoms. The average molecular weight is 176 g/mol. The van der Waals surface area contributed by atoms with E-state index in [2.05, 4.69) is 5.32 Å². The number of nitrogens with one attached hydrogen (secondary N) is 1. The maximum Gasteiger partial charge on any atom is 0.321 e. The van der Waals surface area contributed by atoms with Gasteiger partial charge in [-0.25, -0.2) is 4.79 Å². The zero-order valence-corrected chi connectivity index (χ0v) is 7.36. The van der Waals surface area contributed by atoms with E-state index in [9.17, 15) is 4.79 Å². The second kappa shape index (κ2) is 3.47. The van der Waals surface area contributed by atoms with Gasteiger partial charge in [0.15, 0.2) is 0 Å². The van der Waals surface area contributed by atoms with Crippen molar-refractivity contribution in [2.24, 2.45) is 0 Å². The van der Waals surface area contributed by atoms with Crippen molar-refractivity contribution < 1.29 is 4.79 Å². The van der Waals surface area contributed by atoms with Crippen molar-refractivity contribution in [2.45, 2.75) is 6.42 Å². The Morgan fingerprint density at radius 3 is 2.46 bits per heavy atom. The van der Waals surface area contributed by atoms with Gasteiger partial charge in [-0.15, -0.1) is 0 Å². The minimum atomic E-state index is 0.0115. The molecule has 3 heteroatoms. The lowest BCUT2D eigenvalue weighted by atomic mass is 10.2. The summed E-state index contributed by atoms with van der Waals surface area (Å²) in [6.45, 7) is 1.78. The van der Waals surface area contributed by atoms with Crippen molar-refractivity contribution in [3.8, 4) is 0 Å². The summed E-state index contributed by atoms with van der Waals surface area (Å²) in [7, 11) is 0. The minimum absolute atomic E-state index is 0.0115. The lowest BCUT2D eigenvalue weighted by molar-refractivity contribution is 0.181. The second-order valence-electron chi connectivity index (χ2n) is 3.14. The van der Waals surface area contributed by atoms with Crippen molar-refractivity contribution in [3.63, 3.8) is 0 Å². The number of rotatable bonds is 1. The minimum Gasteiger partial charge on any atom is -0.324 e. The SMILES string of the molecule is O=C(Nc1ccccc1)N1CCC1. The van der Waals surface area contributed by atoms with Crippen LogP contribution in [-0.4, -0.2) is 24.0 Å². The first-order valence-corrected chi connectivity index (χ1v) is 4.47. The summed E-state index contributed by atoms with van der Waals surface area (Å²) in [6.07, 6.45) is 1.13. The molecule has 0 unspecified atom stereocenters. The van der Waals surface area contributed by atoms with Crippen molar-refractivity contribution >= 4 is 11.7 Å². The maximum absolute atomic E-state index is 11.4. The van der Waals surface area contributed by atoms with Crippen LogP contribution in [-0.2, 0) is 0 Å². The predicted octanol–water partition coefficient (Wildman–Crippen LogP) is 1.92. The molecule has 1 aromatic carbocycles. The Hall–Kier alpha value is -1.51. The molecule has 1 aliphatic rings. The highest BCUT2D eigenvalue weighted by molar-refractivity contribution is 5.89. The van der Waals surface area contributed by atoms with Crippen molar-refractivity contribution in [1.82, 2.24) is 4.90 Å². The van der Waals surface area contributed by atoms with Gasteiger partial charge in [0.25, 0.3) is 0 Å². The van der Waals surface area contributed by atoms with Crippen LogP contribution >= 0.6 is 0 Å². The molecule has 1 heterocycles. The lowest BCUT2D eigenvalue weighted by Gasteiger charge is -2.30. The molecule has 0 bridgehead atoms. The Morgan fingerprint density at radius 1 is 1.23 bits per heavy atom. The Labute approximate surface area is 77.4 Å². The molecule has 0 atom stereocenters. The first-order chi connectivity index (χ1) is 6.36. The van der Waals surface area contributed by atoms with Crippen LogP contribution in [0, 0.1) is 0 Å². The quantitative estimate of drug-likeness (QED) is 0.696. The summed E-state index contributed by atoms with van der Waals surface area (Å²) >= 11 is 0. The standard InChI is InChI=1S/C10H12N2O/c13-10(12-7-4-8-12)11-9-5-2-1-3-6-9/h1-3,5-6H,4,7-8H2,(H,11,13). The molecule has 1 aliphatic heterocycles. The summed E-state index contributed by atoms with van der Waals surface area (Å²) in [5, 5.41) is 2.83. The third kappa shape index (κ3) is 1.80. The van der Waals surface area contributed by atoms with Crippen LogP contribution in [0.1, 0.15) is 6.42 Å². The van der Waals surface area contributed by atoms with Gasteiger partial charge in [0, 0.05) is 18.8 Å². The lowest BCUT2D eigenvalue weighted by Crippen LogP contribution is -2.44. The maximum atomic E-state index is 11.4. The third-order valence-electron chi connectivity index (χ3n) is 2.17. The fourth-order valence-electron chi connectivity index (χ4n) is 1.24. The number of anilines is 1. The molecule has 0 radical (unpaired) electrons. The molecule has 1 fully saturated rings. The number of benzene rings is 1. The van der Waals surface area contributed by atoms with Gasteiger partial charge in [-0.05, 0) is 18.6 Å². The largest absolute Gasteiger partial charge is 0.324 e. The summed E-state index contributed by atoms with van der Waals surface area (Å²) < 4.78 is 0. The molecule has 2 amide bonds. The predicted molar refractivity (Wildman–Crippen MR) is 51.7 cm³/mol. The Bertz CT molecular complexity index is 293. The normalized spacial score (nSPS) is 14.9. The first kappa shape index (κ1) is 8.10. The fourth-order valence-corrected chi connectivity index (χ4v) is 1.24. The Morgan fingerprint density at radius 2 is 1.92 bits per heavy atom. The van der Waals surface area contributed by atoms with E-state index in [1.54, 1.807) is 4.90 Å². The summed E-state index contributed by atoms with van der Waals surface area (Å²) in [6, 6.07) is 9.53. The van der Waals surface area contributed by atoms with E-state index < -0.39 is 0 Å². The average Bonchev–Trinajstić information content (AvgIpc) is 2.02. The van der Waals surface area contributed by atoms with E-state index in [4.69, 9.17) is 0 Å². The number of amides is 2. The molecule has 1 saturated heterocycles. The number of carbonyl (C=O) groups excluding carboxylic acids is 1. The third-order valence-corrected chi connectivity index (χ3v) is 2.17. The molecule has 68 valence electrons. The van der Waals surface area contributed by atoms with Gasteiger partial charge in [0.1, 0.15) is 0 Å². The van der Waals surface area contributed by atoms with Gasteiger partial charge in [-0.1, -0.05) is 18.2 Å². The van der Waals surface area contributed by atoms with Crippen LogP contribution in [0.25, 0.3) is 0 Å². The molecule has 0 spiro atoms. The van der Waals surface area contributed by atoms with E-state index in [-0.39, 0.29) is 6.03 Å². The van der Waals surface area contributed by atoms with Gasteiger partial charge < -0.3 is 10.2 Å². The molecular formula is C10H12N2O. The summed E-state index contributed by atoms with van der Waals surface area (Å²) in [5.74, 6) is 0. The van der Waals surface area contributed by atoms with Crippen LogP contribution in [0.5, 0.6) is 0 Å². The summed E-state index contributed by atoms with van der Waals surface area (Å²) in [5.41, 5.74) is 0.861. The van der Waals surface area contributed by atoms with Gasteiger partial charge in [0.2, 0.25) is 0 Å². The number of hydrogen-bond donors (Lipinski definition) is 1. The van der Waals surface area contributed by atoms with Crippen LogP contribution in [0.15, 0.2) is 30.3 Å². The highest BCUT2D eigenvalue weighted by Gasteiger charge is 2.19. The van der Waals surface area contributed by atoms with Crippen LogP contribution in [0.2, 0.25) is 0 Å². The fraction of sp³-hybridized carbons (Fsp3) is 0.300. The monoisotopic (exact) mass is 176 g/mol. The number of para-hydroxylation sites is 1. The number of carbonyl (C=O) groups is 1. The zero-order chi connectivity index (χ0) is 9.10.